The average molecular weight is 271 g/mol. The highest BCUT2D eigenvalue weighted by Crippen LogP contribution is 2.20. The van der Waals surface area contributed by atoms with E-state index in [0.29, 0.717) is 0 Å². The number of nitrogens with two attached hydrogens (primary N) is 1. The Morgan fingerprint density at radius 2 is 1.95 bits per heavy atom. The van der Waals surface area contributed by atoms with Gasteiger partial charge in [0.2, 0.25) is 0 Å². The third kappa shape index (κ3) is 3.16. The van der Waals surface area contributed by atoms with Gasteiger partial charge < -0.3 is 26.2 Å². The molecular weight excluding hydrogens is 250 g/mol. The highest BCUT2D eigenvalue weighted by molar-refractivity contribution is 5.83. The van der Waals surface area contributed by atoms with Gasteiger partial charge in [-0.1, -0.05) is 12.8 Å². The predicted octanol–water partition coefficient (Wildman–Crippen LogP) is -0.514. The van der Waals surface area contributed by atoms with Gasteiger partial charge in [-0.25, -0.2) is 9.59 Å². The van der Waals surface area contributed by atoms with Crippen molar-refractivity contribution < 1.29 is 19.8 Å². The number of hydrogen-bond donors (Lipinski definition) is 4. The van der Waals surface area contributed by atoms with E-state index < -0.39 is 24.1 Å². The summed E-state index contributed by atoms with van der Waals surface area (Å²) in [5.74, 6) is -1.08. The molecule has 0 aromatic rings. The highest BCUT2D eigenvalue weighted by atomic mass is 16.4. The number of carboxylic acid groups (broad SMARTS) is 1. The molecule has 19 heavy (non-hydrogen) atoms. The van der Waals surface area contributed by atoms with Gasteiger partial charge in [-0.3, -0.25) is 0 Å². The lowest BCUT2D eigenvalue weighted by molar-refractivity contribution is -0.141. The molecule has 0 spiro atoms. The van der Waals surface area contributed by atoms with Crippen LogP contribution in [0.4, 0.5) is 4.79 Å². The number of aliphatic hydroxyl groups excluding tert-OH is 1. The number of carboxylic acids is 1. The van der Waals surface area contributed by atoms with Gasteiger partial charge in [-0.15, -0.1) is 0 Å². The molecule has 0 aromatic carbocycles. The summed E-state index contributed by atoms with van der Waals surface area (Å²) in [7, 11) is 0. The maximum Gasteiger partial charge on any atom is 0.326 e. The molecule has 4 atom stereocenters. The number of urea groups is 1. The molecule has 7 nitrogen and oxygen atoms in total. The van der Waals surface area contributed by atoms with E-state index in [-0.39, 0.29) is 25.0 Å². The van der Waals surface area contributed by atoms with E-state index in [1.807, 2.05) is 0 Å². The summed E-state index contributed by atoms with van der Waals surface area (Å²) in [6.45, 7) is 0.0603. The van der Waals surface area contributed by atoms with Crippen molar-refractivity contribution >= 4 is 12.0 Å². The Kier molecular flexibility index (Phi) is 4.26. The number of nitrogens with one attached hydrogen (secondary N) is 1. The summed E-state index contributed by atoms with van der Waals surface area (Å²) in [5, 5.41) is 21.4. The first-order chi connectivity index (χ1) is 8.99. The average Bonchev–Trinajstić information content (AvgIpc) is 2.74. The van der Waals surface area contributed by atoms with Crippen LogP contribution < -0.4 is 11.1 Å². The van der Waals surface area contributed by atoms with Crippen molar-refractivity contribution in [2.24, 2.45) is 5.73 Å². The Bertz CT molecular complexity index is 363. The minimum absolute atomic E-state index is 0.0603. The Morgan fingerprint density at radius 3 is 2.58 bits per heavy atom. The number of nitrogens with zero attached hydrogens (tertiary/aromatic N) is 1. The lowest BCUT2D eigenvalue weighted by atomic mass is 9.91. The van der Waals surface area contributed by atoms with Crippen LogP contribution in [0.25, 0.3) is 0 Å². The van der Waals surface area contributed by atoms with Crippen LogP contribution in [0.2, 0.25) is 0 Å². The van der Waals surface area contributed by atoms with Gasteiger partial charge in [-0.2, -0.15) is 0 Å². The normalized spacial score (nSPS) is 35.2. The van der Waals surface area contributed by atoms with Crippen LogP contribution >= 0.6 is 0 Å². The lowest BCUT2D eigenvalue weighted by Gasteiger charge is -2.31. The zero-order valence-corrected chi connectivity index (χ0v) is 10.8. The second-order valence-corrected chi connectivity index (χ2v) is 5.40. The van der Waals surface area contributed by atoms with E-state index >= 15 is 0 Å². The summed E-state index contributed by atoms with van der Waals surface area (Å²) in [6.07, 6.45) is 3.08. The number of β-amino-alcohol motifs (C(OH)–C–C–N with tert-alkyl or cyclic N) is 1. The number of likely N-dealkylation sites (tertiary alicyclic amines) is 1. The first-order valence-corrected chi connectivity index (χ1v) is 6.72. The molecule has 1 saturated heterocycles. The van der Waals surface area contributed by atoms with Crippen LogP contribution in [0, 0.1) is 0 Å². The second-order valence-electron chi connectivity index (χ2n) is 5.40. The first-order valence-electron chi connectivity index (χ1n) is 6.72. The molecule has 1 aliphatic carbocycles. The number of carbonyl (C=O) groups excluding carboxylic acids is 1. The van der Waals surface area contributed by atoms with Crippen molar-refractivity contribution in [2.45, 2.75) is 56.3 Å². The molecule has 0 aromatic heterocycles. The molecule has 108 valence electrons. The summed E-state index contributed by atoms with van der Waals surface area (Å²) >= 11 is 0. The Balaban J connectivity index is 1.96. The van der Waals surface area contributed by atoms with Gasteiger partial charge in [0.05, 0.1) is 6.10 Å². The Morgan fingerprint density at radius 1 is 1.26 bits per heavy atom. The molecule has 0 radical (unpaired) electrons. The maximum absolute atomic E-state index is 12.1. The van der Waals surface area contributed by atoms with E-state index in [2.05, 4.69) is 5.32 Å². The zero-order valence-electron chi connectivity index (χ0n) is 10.8. The fourth-order valence-electron chi connectivity index (χ4n) is 2.85. The lowest BCUT2D eigenvalue weighted by Crippen LogP contribution is -2.55. The van der Waals surface area contributed by atoms with Gasteiger partial charge >= 0.3 is 12.0 Å². The maximum atomic E-state index is 12.1. The molecular formula is C12H21N3O4. The van der Waals surface area contributed by atoms with Gasteiger partial charge in [0.25, 0.3) is 0 Å². The second kappa shape index (κ2) is 5.75. The third-order valence-electron chi connectivity index (χ3n) is 3.95. The van der Waals surface area contributed by atoms with Gasteiger partial charge in [0, 0.05) is 25.0 Å². The van der Waals surface area contributed by atoms with Crippen molar-refractivity contribution in [1.29, 1.82) is 0 Å². The monoisotopic (exact) mass is 271 g/mol. The minimum Gasteiger partial charge on any atom is -0.480 e. The van der Waals surface area contributed by atoms with E-state index in [4.69, 9.17) is 10.8 Å². The fourth-order valence-corrected chi connectivity index (χ4v) is 2.85. The van der Waals surface area contributed by atoms with E-state index in [1.165, 1.54) is 4.90 Å². The van der Waals surface area contributed by atoms with Gasteiger partial charge in [0.15, 0.2) is 0 Å². The summed E-state index contributed by atoms with van der Waals surface area (Å²) in [6, 6.07) is -1.57. The van der Waals surface area contributed by atoms with Crippen LogP contribution in [-0.4, -0.2) is 57.9 Å². The largest absolute Gasteiger partial charge is 0.480 e. The molecule has 5 N–H and O–H groups in total. The van der Waals surface area contributed by atoms with E-state index in [9.17, 15) is 14.7 Å². The number of rotatable bonds is 2. The SMILES string of the molecule is NC1CCCCC1NC(=O)N1C[C@H](O)C[C@H]1C(=O)O. The molecule has 2 fully saturated rings. The summed E-state index contributed by atoms with van der Waals surface area (Å²) in [4.78, 5) is 24.4. The number of hydrogen-bond acceptors (Lipinski definition) is 4. The molecule has 2 aliphatic rings. The van der Waals surface area contributed by atoms with E-state index in [1.54, 1.807) is 0 Å². The zero-order chi connectivity index (χ0) is 14.0. The molecule has 0 bridgehead atoms. The quantitative estimate of drug-likeness (QED) is 0.539. The molecule has 1 saturated carbocycles. The van der Waals surface area contributed by atoms with Crippen molar-refractivity contribution in [1.82, 2.24) is 10.2 Å². The molecule has 2 unspecified atom stereocenters. The number of carbonyl (C=O) groups is 2. The summed E-state index contributed by atoms with van der Waals surface area (Å²) in [5.41, 5.74) is 5.95. The number of amides is 2. The smallest absolute Gasteiger partial charge is 0.326 e. The topological polar surface area (TPSA) is 116 Å². The van der Waals surface area contributed by atoms with E-state index in [0.717, 1.165) is 25.7 Å². The Hall–Kier alpha value is -1.34. The molecule has 1 heterocycles. The minimum atomic E-state index is -1.08. The van der Waals surface area contributed by atoms with Gasteiger partial charge in [-0.05, 0) is 12.8 Å². The van der Waals surface area contributed by atoms with Crippen molar-refractivity contribution in [3.63, 3.8) is 0 Å². The summed E-state index contributed by atoms with van der Waals surface area (Å²) < 4.78 is 0. The number of aliphatic carboxylic acids is 1. The fraction of sp³-hybridized carbons (Fsp3) is 0.833. The predicted molar refractivity (Wildman–Crippen MR) is 67.5 cm³/mol. The standard InChI is InChI=1S/C12H21N3O4/c13-8-3-1-2-4-9(8)14-12(19)15-6-7(16)5-10(15)11(17)18/h7-10,16H,1-6,13H2,(H,14,19)(H,17,18)/t7-,8?,9?,10+/m1/s1. The molecule has 1 aliphatic heterocycles. The van der Waals surface area contributed by atoms with Crippen molar-refractivity contribution in [3.8, 4) is 0 Å². The molecule has 2 rings (SSSR count). The van der Waals surface area contributed by atoms with Crippen molar-refractivity contribution in [3.05, 3.63) is 0 Å². The van der Waals surface area contributed by atoms with Crippen LogP contribution in [-0.2, 0) is 4.79 Å². The third-order valence-corrected chi connectivity index (χ3v) is 3.95. The van der Waals surface area contributed by atoms with Crippen LogP contribution in [0.3, 0.4) is 0 Å². The van der Waals surface area contributed by atoms with Crippen molar-refractivity contribution in [2.75, 3.05) is 6.54 Å². The number of aliphatic hydroxyl groups is 1. The first kappa shape index (κ1) is 14.1. The highest BCUT2D eigenvalue weighted by Gasteiger charge is 2.39. The Labute approximate surface area is 111 Å². The molecule has 7 heteroatoms. The molecule has 2 amide bonds. The van der Waals surface area contributed by atoms with Crippen LogP contribution in [0.5, 0.6) is 0 Å². The van der Waals surface area contributed by atoms with Crippen LogP contribution in [0.15, 0.2) is 0 Å². The van der Waals surface area contributed by atoms with Crippen LogP contribution in [0.1, 0.15) is 32.1 Å². The van der Waals surface area contributed by atoms with Gasteiger partial charge in [0.1, 0.15) is 6.04 Å².